The maximum absolute atomic E-state index is 13.0. The van der Waals surface area contributed by atoms with E-state index in [1.807, 2.05) is 0 Å². The highest BCUT2D eigenvalue weighted by molar-refractivity contribution is 6.02. The summed E-state index contributed by atoms with van der Waals surface area (Å²) in [7, 11) is 0. The highest BCUT2D eigenvalue weighted by atomic mass is 19.1. The summed E-state index contributed by atoms with van der Waals surface area (Å²) in [6, 6.07) is 3.92. The van der Waals surface area contributed by atoms with Crippen LogP contribution < -0.4 is 5.73 Å². The number of rotatable bonds is 3. The second-order valence-corrected chi connectivity index (χ2v) is 4.14. The van der Waals surface area contributed by atoms with E-state index in [1.54, 1.807) is 0 Å². The number of nitrogens with two attached hydrogens (primary N) is 1. The molecule has 1 heterocycles. The number of hydrogen-bond donors (Lipinski definition) is 1. The number of Topliss-reactive ketones (excluding diaryl/α,β-unsaturated/α-hetero) is 1. The molecular weight excluding hydrogens is 207 g/mol. The van der Waals surface area contributed by atoms with Crippen LogP contribution in [-0.4, -0.2) is 30.3 Å². The highest BCUT2D eigenvalue weighted by Gasteiger charge is 2.18. The van der Waals surface area contributed by atoms with Gasteiger partial charge in [0.25, 0.3) is 0 Å². The maximum Gasteiger partial charge on any atom is 0.178 e. The summed E-state index contributed by atoms with van der Waals surface area (Å²) in [5, 5.41) is 0. The van der Waals surface area contributed by atoms with E-state index < -0.39 is 5.82 Å². The first-order valence-electron chi connectivity index (χ1n) is 5.47. The van der Waals surface area contributed by atoms with E-state index in [0.717, 1.165) is 25.9 Å². The van der Waals surface area contributed by atoms with Crippen molar-refractivity contribution in [1.29, 1.82) is 0 Å². The van der Waals surface area contributed by atoms with Crippen LogP contribution in [-0.2, 0) is 0 Å². The van der Waals surface area contributed by atoms with Crippen LogP contribution in [0.25, 0.3) is 0 Å². The second-order valence-electron chi connectivity index (χ2n) is 4.14. The van der Waals surface area contributed by atoms with Gasteiger partial charge in [-0.3, -0.25) is 9.69 Å². The Morgan fingerprint density at radius 2 is 2.06 bits per heavy atom. The molecule has 1 aliphatic rings. The van der Waals surface area contributed by atoms with Crippen molar-refractivity contribution in [2.75, 3.05) is 25.4 Å². The molecule has 4 heteroatoms. The summed E-state index contributed by atoms with van der Waals surface area (Å²) in [6.45, 7) is 2.23. The van der Waals surface area contributed by atoms with Gasteiger partial charge >= 0.3 is 0 Å². The van der Waals surface area contributed by atoms with Crippen molar-refractivity contribution < 1.29 is 9.18 Å². The van der Waals surface area contributed by atoms with Crippen LogP contribution in [0.4, 0.5) is 10.1 Å². The van der Waals surface area contributed by atoms with Crippen molar-refractivity contribution in [2.45, 2.75) is 12.8 Å². The minimum atomic E-state index is -0.418. The molecule has 1 aromatic carbocycles. The Morgan fingerprint density at radius 3 is 2.75 bits per heavy atom. The van der Waals surface area contributed by atoms with Crippen molar-refractivity contribution in [2.24, 2.45) is 0 Å². The highest BCUT2D eigenvalue weighted by Crippen LogP contribution is 2.16. The Kier molecular flexibility index (Phi) is 3.19. The molecule has 0 unspecified atom stereocenters. The Bertz CT molecular complexity index is 400. The predicted molar refractivity (Wildman–Crippen MR) is 60.8 cm³/mol. The lowest BCUT2D eigenvalue weighted by Gasteiger charge is -2.14. The minimum absolute atomic E-state index is 0.0982. The van der Waals surface area contributed by atoms with Gasteiger partial charge in [-0.25, -0.2) is 4.39 Å². The SMILES string of the molecule is Nc1ccc(F)cc1C(=O)CN1CCCC1. The van der Waals surface area contributed by atoms with E-state index in [0.29, 0.717) is 17.8 Å². The van der Waals surface area contributed by atoms with E-state index in [9.17, 15) is 9.18 Å². The first-order valence-corrected chi connectivity index (χ1v) is 5.47. The van der Waals surface area contributed by atoms with Crippen LogP contribution in [0.3, 0.4) is 0 Å². The van der Waals surface area contributed by atoms with E-state index in [4.69, 9.17) is 5.73 Å². The number of hydrogen-bond acceptors (Lipinski definition) is 3. The summed E-state index contributed by atoms with van der Waals surface area (Å²) in [5.74, 6) is -0.516. The number of carbonyl (C=O) groups excluding carboxylic acids is 1. The third-order valence-electron chi connectivity index (χ3n) is 2.88. The Labute approximate surface area is 94.0 Å². The number of halogens is 1. The van der Waals surface area contributed by atoms with Crippen molar-refractivity contribution in [3.8, 4) is 0 Å². The van der Waals surface area contributed by atoms with E-state index in [1.165, 1.54) is 18.2 Å². The molecule has 1 saturated heterocycles. The second kappa shape index (κ2) is 4.61. The van der Waals surface area contributed by atoms with Gasteiger partial charge in [0, 0.05) is 11.3 Å². The molecule has 0 aliphatic carbocycles. The Balaban J connectivity index is 2.10. The molecule has 1 aliphatic heterocycles. The van der Waals surface area contributed by atoms with Crippen LogP contribution in [0.5, 0.6) is 0 Å². The van der Waals surface area contributed by atoms with Crippen LogP contribution in [0, 0.1) is 5.82 Å². The van der Waals surface area contributed by atoms with Gasteiger partial charge in [0.05, 0.1) is 6.54 Å². The summed E-state index contributed by atoms with van der Waals surface area (Å²) in [4.78, 5) is 14.0. The first kappa shape index (κ1) is 11.1. The van der Waals surface area contributed by atoms with Gasteiger partial charge < -0.3 is 5.73 Å². The molecule has 3 nitrogen and oxygen atoms in total. The number of ketones is 1. The summed E-state index contributed by atoms with van der Waals surface area (Å²) in [6.07, 6.45) is 2.26. The molecule has 1 fully saturated rings. The molecule has 2 rings (SSSR count). The topological polar surface area (TPSA) is 46.3 Å². The summed E-state index contributed by atoms with van der Waals surface area (Å²) in [5.41, 5.74) is 6.31. The van der Waals surface area contributed by atoms with Crippen LogP contribution in [0.2, 0.25) is 0 Å². The predicted octanol–water partition coefficient (Wildman–Crippen LogP) is 1.69. The van der Waals surface area contributed by atoms with Gasteiger partial charge in [0.1, 0.15) is 5.82 Å². The fraction of sp³-hybridized carbons (Fsp3) is 0.417. The lowest BCUT2D eigenvalue weighted by Crippen LogP contribution is -2.27. The fourth-order valence-corrected chi connectivity index (χ4v) is 2.00. The minimum Gasteiger partial charge on any atom is -0.398 e. The van der Waals surface area contributed by atoms with Gasteiger partial charge in [-0.1, -0.05) is 0 Å². The normalized spacial score (nSPS) is 16.6. The number of benzene rings is 1. The number of likely N-dealkylation sites (tertiary alicyclic amines) is 1. The molecule has 2 N–H and O–H groups in total. The van der Waals surface area contributed by atoms with E-state index in [-0.39, 0.29) is 5.78 Å². The molecule has 0 amide bonds. The fourth-order valence-electron chi connectivity index (χ4n) is 2.00. The van der Waals surface area contributed by atoms with Gasteiger partial charge in [0.2, 0.25) is 0 Å². The Morgan fingerprint density at radius 1 is 1.38 bits per heavy atom. The smallest absolute Gasteiger partial charge is 0.178 e. The molecule has 16 heavy (non-hydrogen) atoms. The van der Waals surface area contributed by atoms with Gasteiger partial charge in [0.15, 0.2) is 5.78 Å². The van der Waals surface area contributed by atoms with Gasteiger partial charge in [-0.2, -0.15) is 0 Å². The maximum atomic E-state index is 13.0. The number of nitrogens with zero attached hydrogens (tertiary/aromatic N) is 1. The zero-order valence-corrected chi connectivity index (χ0v) is 9.08. The average molecular weight is 222 g/mol. The number of nitrogen functional groups attached to an aromatic ring is 1. The Hall–Kier alpha value is -1.42. The molecule has 0 bridgehead atoms. The van der Waals surface area contributed by atoms with Gasteiger partial charge in [-0.05, 0) is 44.1 Å². The van der Waals surface area contributed by atoms with Crippen molar-refractivity contribution in [3.05, 3.63) is 29.6 Å². The molecule has 0 radical (unpaired) electrons. The molecule has 1 aromatic rings. The van der Waals surface area contributed by atoms with E-state index in [2.05, 4.69) is 4.90 Å². The average Bonchev–Trinajstić information content (AvgIpc) is 2.74. The van der Waals surface area contributed by atoms with Gasteiger partial charge in [-0.15, -0.1) is 0 Å². The summed E-state index contributed by atoms with van der Waals surface area (Å²) < 4.78 is 13.0. The van der Waals surface area contributed by atoms with Crippen LogP contribution >= 0.6 is 0 Å². The quantitative estimate of drug-likeness (QED) is 0.625. The molecule has 0 saturated carbocycles. The zero-order valence-electron chi connectivity index (χ0n) is 9.08. The largest absolute Gasteiger partial charge is 0.398 e. The molecular formula is C12H15FN2O. The van der Waals surface area contributed by atoms with Crippen LogP contribution in [0.1, 0.15) is 23.2 Å². The third-order valence-corrected chi connectivity index (χ3v) is 2.88. The number of carbonyl (C=O) groups is 1. The molecule has 86 valence electrons. The van der Waals surface area contributed by atoms with Crippen LogP contribution in [0.15, 0.2) is 18.2 Å². The number of anilines is 1. The van der Waals surface area contributed by atoms with Crippen molar-refractivity contribution in [1.82, 2.24) is 4.90 Å². The molecule has 0 atom stereocenters. The third kappa shape index (κ3) is 2.39. The van der Waals surface area contributed by atoms with Crippen molar-refractivity contribution in [3.63, 3.8) is 0 Å². The lowest BCUT2D eigenvalue weighted by atomic mass is 10.1. The first-order chi connectivity index (χ1) is 7.66. The monoisotopic (exact) mass is 222 g/mol. The lowest BCUT2D eigenvalue weighted by molar-refractivity contribution is 0.0946. The molecule has 0 aromatic heterocycles. The van der Waals surface area contributed by atoms with E-state index >= 15 is 0 Å². The van der Waals surface area contributed by atoms with Crippen molar-refractivity contribution >= 4 is 11.5 Å². The molecule has 0 spiro atoms. The standard InChI is InChI=1S/C12H15FN2O/c13-9-3-4-11(14)10(7-9)12(16)8-15-5-1-2-6-15/h3-4,7H,1-2,5-6,8,14H2. The summed E-state index contributed by atoms with van der Waals surface area (Å²) >= 11 is 0. The zero-order chi connectivity index (χ0) is 11.5.